The van der Waals surface area contributed by atoms with Crippen molar-refractivity contribution in [1.29, 1.82) is 0 Å². The Hall–Kier alpha value is -1.84. The number of guanidine groups is 1. The number of rotatable bonds is 11. The molecule has 1 rings (SSSR count). The van der Waals surface area contributed by atoms with Gasteiger partial charge in [0.05, 0.1) is 25.0 Å². The van der Waals surface area contributed by atoms with E-state index in [1.165, 1.54) is 0 Å². The highest BCUT2D eigenvalue weighted by atomic mass is 32.2. The lowest BCUT2D eigenvalue weighted by Gasteiger charge is -2.15. The van der Waals surface area contributed by atoms with Gasteiger partial charge in [0.15, 0.2) is 5.96 Å². The highest BCUT2D eigenvalue weighted by Crippen LogP contribution is 2.20. The molecule has 9 heteroatoms. The summed E-state index contributed by atoms with van der Waals surface area (Å²) in [5.41, 5.74) is 0.741. The minimum atomic E-state index is -3.17. The number of nitrogens with one attached hydrogen (secondary N) is 3. The van der Waals surface area contributed by atoms with Gasteiger partial charge in [0.1, 0.15) is 5.75 Å². The molecule has 0 aromatic heterocycles. The van der Waals surface area contributed by atoms with Crippen molar-refractivity contribution in [1.82, 2.24) is 15.4 Å². The number of hydrogen-bond acceptors (Lipinski definition) is 5. The van der Waals surface area contributed by atoms with E-state index in [0.717, 1.165) is 11.8 Å². The van der Waals surface area contributed by atoms with Gasteiger partial charge >= 0.3 is 0 Å². The van der Waals surface area contributed by atoms with Gasteiger partial charge in [-0.3, -0.25) is 4.99 Å². The first-order valence-electron chi connectivity index (χ1n) is 9.12. The number of sulfonamides is 1. The van der Waals surface area contributed by atoms with Crippen molar-refractivity contribution in [3.63, 3.8) is 0 Å². The predicted molar refractivity (Wildman–Crippen MR) is 109 cm³/mol. The Morgan fingerprint density at radius 1 is 1.26 bits per heavy atom. The highest BCUT2D eigenvalue weighted by Gasteiger charge is 2.09. The third-order valence-electron chi connectivity index (χ3n) is 3.39. The number of ether oxygens (including phenoxy) is 1. The van der Waals surface area contributed by atoms with Crippen molar-refractivity contribution < 1.29 is 18.3 Å². The van der Waals surface area contributed by atoms with E-state index in [-0.39, 0.29) is 12.6 Å². The van der Waals surface area contributed by atoms with Gasteiger partial charge in [0, 0.05) is 19.6 Å². The van der Waals surface area contributed by atoms with Crippen molar-refractivity contribution in [3.05, 3.63) is 29.8 Å². The quantitative estimate of drug-likeness (QED) is 0.250. The maximum Gasteiger partial charge on any atom is 0.208 e. The minimum Gasteiger partial charge on any atom is -0.491 e. The lowest BCUT2D eigenvalue weighted by Crippen LogP contribution is -2.39. The van der Waals surface area contributed by atoms with Crippen molar-refractivity contribution in [3.8, 4) is 5.75 Å². The third-order valence-corrected chi connectivity index (χ3v) is 4.12. The molecule has 4 N–H and O–H groups in total. The first-order chi connectivity index (χ1) is 12.7. The van der Waals surface area contributed by atoms with Crippen molar-refractivity contribution in [2.45, 2.75) is 39.4 Å². The van der Waals surface area contributed by atoms with Crippen LogP contribution in [0, 0.1) is 0 Å². The van der Waals surface area contributed by atoms with Crippen LogP contribution in [-0.4, -0.2) is 58.0 Å². The molecular formula is C18H32N4O4S. The number of hydrogen-bond donors (Lipinski definition) is 4. The normalized spacial score (nSPS) is 13.5. The topological polar surface area (TPSA) is 112 Å². The first-order valence-corrected chi connectivity index (χ1v) is 11.0. The number of nitrogens with zero attached hydrogens (tertiary/aromatic N) is 1. The van der Waals surface area contributed by atoms with Crippen LogP contribution in [0.5, 0.6) is 5.75 Å². The van der Waals surface area contributed by atoms with Crippen LogP contribution in [0.25, 0.3) is 0 Å². The van der Waals surface area contributed by atoms with Crippen LogP contribution >= 0.6 is 0 Å². The molecule has 0 bridgehead atoms. The van der Waals surface area contributed by atoms with Gasteiger partial charge in [-0.05, 0) is 44.9 Å². The average molecular weight is 401 g/mol. The van der Waals surface area contributed by atoms with Crippen molar-refractivity contribution in [2.24, 2.45) is 4.99 Å². The fourth-order valence-corrected chi connectivity index (χ4v) is 2.76. The fourth-order valence-electron chi connectivity index (χ4n) is 2.24. The number of aliphatic hydroxyl groups is 1. The molecular weight excluding hydrogens is 368 g/mol. The van der Waals surface area contributed by atoms with Crippen LogP contribution in [0.15, 0.2) is 29.3 Å². The first kappa shape index (κ1) is 23.2. The molecule has 0 aliphatic heterocycles. The standard InChI is InChI=1S/C18H32N4O4S/c1-5-19-18(20-10-7-11-22-27(4,24)25)21-13-17(23)15-8-6-9-16(12-15)26-14(2)3/h6,8-9,12,14,17,22-23H,5,7,10-11,13H2,1-4H3,(H2,19,20,21). The fraction of sp³-hybridized carbons (Fsp3) is 0.611. The van der Waals surface area contributed by atoms with E-state index in [0.29, 0.717) is 37.8 Å². The lowest BCUT2D eigenvalue weighted by molar-refractivity contribution is 0.185. The Morgan fingerprint density at radius 2 is 2.00 bits per heavy atom. The Labute approximate surface area is 162 Å². The molecule has 1 atom stereocenters. The Bertz CT molecular complexity index is 692. The number of benzene rings is 1. The smallest absolute Gasteiger partial charge is 0.208 e. The molecule has 0 aliphatic carbocycles. The minimum absolute atomic E-state index is 0.0668. The highest BCUT2D eigenvalue weighted by molar-refractivity contribution is 7.88. The van der Waals surface area contributed by atoms with Crippen molar-refractivity contribution in [2.75, 3.05) is 32.4 Å². The summed E-state index contributed by atoms with van der Waals surface area (Å²) in [4.78, 5) is 4.39. The summed E-state index contributed by atoms with van der Waals surface area (Å²) in [6, 6.07) is 7.36. The Morgan fingerprint density at radius 3 is 2.63 bits per heavy atom. The third kappa shape index (κ3) is 10.8. The summed E-state index contributed by atoms with van der Waals surface area (Å²) in [5, 5.41) is 16.6. The molecule has 1 aromatic rings. The molecule has 0 fully saturated rings. The van der Waals surface area contributed by atoms with E-state index in [1.54, 1.807) is 0 Å². The number of aliphatic hydroxyl groups excluding tert-OH is 1. The molecule has 0 spiro atoms. The summed E-state index contributed by atoms with van der Waals surface area (Å²) in [6.45, 7) is 7.65. The summed E-state index contributed by atoms with van der Waals surface area (Å²) < 4.78 is 30.1. The molecule has 0 heterocycles. The van der Waals surface area contributed by atoms with Gasteiger partial charge < -0.3 is 20.5 Å². The zero-order chi connectivity index (χ0) is 20.3. The Kier molecular flexibility index (Phi) is 10.1. The van der Waals surface area contributed by atoms with Gasteiger partial charge in [0.25, 0.3) is 0 Å². The van der Waals surface area contributed by atoms with Gasteiger partial charge in [-0.15, -0.1) is 0 Å². The molecule has 0 amide bonds. The van der Waals surface area contributed by atoms with E-state index in [9.17, 15) is 13.5 Å². The van der Waals surface area contributed by atoms with E-state index in [1.807, 2.05) is 45.0 Å². The van der Waals surface area contributed by atoms with E-state index >= 15 is 0 Å². The molecule has 0 saturated carbocycles. The van der Waals surface area contributed by atoms with Crippen LogP contribution in [0.1, 0.15) is 38.9 Å². The predicted octanol–water partition coefficient (Wildman–Crippen LogP) is 1.00. The average Bonchev–Trinajstić information content (AvgIpc) is 2.57. The monoisotopic (exact) mass is 400 g/mol. The SMILES string of the molecule is CCNC(=NCC(O)c1cccc(OC(C)C)c1)NCCCNS(C)(=O)=O. The molecule has 27 heavy (non-hydrogen) atoms. The summed E-state index contributed by atoms with van der Waals surface area (Å²) >= 11 is 0. The van der Waals surface area contributed by atoms with Gasteiger partial charge in [0.2, 0.25) is 10.0 Å². The second kappa shape index (κ2) is 11.8. The molecule has 1 unspecified atom stereocenters. The van der Waals surface area contributed by atoms with Gasteiger partial charge in [-0.25, -0.2) is 13.1 Å². The molecule has 0 aliphatic rings. The zero-order valence-electron chi connectivity index (χ0n) is 16.5. The Balaban J connectivity index is 2.55. The molecule has 154 valence electrons. The molecule has 0 saturated heterocycles. The maximum absolute atomic E-state index is 11.0. The maximum atomic E-state index is 11.0. The largest absolute Gasteiger partial charge is 0.491 e. The lowest BCUT2D eigenvalue weighted by atomic mass is 10.1. The van der Waals surface area contributed by atoms with Gasteiger partial charge in [-0.1, -0.05) is 12.1 Å². The summed E-state index contributed by atoms with van der Waals surface area (Å²) in [7, 11) is -3.17. The molecule has 0 radical (unpaired) electrons. The van der Waals surface area contributed by atoms with Gasteiger partial charge in [-0.2, -0.15) is 0 Å². The van der Waals surface area contributed by atoms with Crippen molar-refractivity contribution >= 4 is 16.0 Å². The zero-order valence-corrected chi connectivity index (χ0v) is 17.3. The van der Waals surface area contributed by atoms with Crippen LogP contribution in [-0.2, 0) is 10.0 Å². The molecule has 1 aromatic carbocycles. The molecule has 8 nitrogen and oxygen atoms in total. The number of aliphatic imine (C=N–C) groups is 1. The summed E-state index contributed by atoms with van der Waals surface area (Å²) in [5.74, 6) is 1.29. The van der Waals surface area contributed by atoms with E-state index < -0.39 is 16.1 Å². The van der Waals surface area contributed by atoms with Crippen LogP contribution in [0.4, 0.5) is 0 Å². The van der Waals surface area contributed by atoms with Crippen LogP contribution in [0.2, 0.25) is 0 Å². The summed E-state index contributed by atoms with van der Waals surface area (Å²) in [6.07, 6.45) is 1.07. The van der Waals surface area contributed by atoms with E-state index in [4.69, 9.17) is 4.74 Å². The van der Waals surface area contributed by atoms with Crippen LogP contribution < -0.4 is 20.1 Å². The second-order valence-corrected chi connectivity index (χ2v) is 8.25. The second-order valence-electron chi connectivity index (χ2n) is 6.42. The van der Waals surface area contributed by atoms with Crippen LogP contribution in [0.3, 0.4) is 0 Å². The van der Waals surface area contributed by atoms with E-state index in [2.05, 4.69) is 20.3 Å².